The molecule has 0 spiro atoms. The number of amides is 1. The molecule has 1 aliphatic carbocycles. The summed E-state index contributed by atoms with van der Waals surface area (Å²) in [6, 6.07) is 22.7. The van der Waals surface area contributed by atoms with Crippen LogP contribution in [0, 0.1) is 17.1 Å². The molecule has 6 heteroatoms. The van der Waals surface area contributed by atoms with E-state index in [0.29, 0.717) is 24.0 Å². The van der Waals surface area contributed by atoms with E-state index >= 15 is 0 Å². The van der Waals surface area contributed by atoms with Crippen molar-refractivity contribution in [2.45, 2.75) is 57.4 Å². The Balaban J connectivity index is 1.66. The van der Waals surface area contributed by atoms with Gasteiger partial charge in [-0.25, -0.2) is 4.39 Å². The van der Waals surface area contributed by atoms with Gasteiger partial charge in [-0.05, 0) is 66.3 Å². The van der Waals surface area contributed by atoms with E-state index in [2.05, 4.69) is 18.3 Å². The number of nitriles is 1. The molecule has 1 aliphatic heterocycles. The lowest BCUT2D eigenvalue weighted by atomic mass is 9.78. The number of hydrogen-bond acceptors (Lipinski definition) is 4. The smallest absolute Gasteiger partial charge is 0.227 e. The van der Waals surface area contributed by atoms with E-state index in [1.54, 1.807) is 29.2 Å². The molecule has 2 atom stereocenters. The molecule has 0 saturated carbocycles. The van der Waals surface area contributed by atoms with Crippen LogP contribution in [0.15, 0.2) is 84.1 Å². The summed E-state index contributed by atoms with van der Waals surface area (Å²) in [7, 11) is 0. The van der Waals surface area contributed by atoms with Crippen LogP contribution in [0.5, 0.6) is 0 Å². The Labute approximate surface area is 222 Å². The van der Waals surface area contributed by atoms with Crippen LogP contribution in [-0.4, -0.2) is 11.7 Å². The number of para-hydroxylation sites is 2. The van der Waals surface area contributed by atoms with Crippen LogP contribution in [0.25, 0.3) is 0 Å². The molecule has 0 saturated heterocycles. The summed E-state index contributed by atoms with van der Waals surface area (Å²) in [5.74, 6) is -0.490. The molecule has 38 heavy (non-hydrogen) atoms. The van der Waals surface area contributed by atoms with Crippen LogP contribution in [0.2, 0.25) is 0 Å². The fourth-order valence-electron chi connectivity index (χ4n) is 5.54. The molecule has 5 rings (SSSR count). The Hall–Kier alpha value is -4.24. The SMILES string of the molecule is CCCCCC(=O)N1c2ccccc2NC2=C(C(=O)CC(c3ccc(F)cc3)C2)C1c1ccc(C#N)cc1. The topological polar surface area (TPSA) is 73.2 Å². The third kappa shape index (κ3) is 4.97. The summed E-state index contributed by atoms with van der Waals surface area (Å²) in [5, 5.41) is 12.9. The van der Waals surface area contributed by atoms with Gasteiger partial charge in [0.2, 0.25) is 5.91 Å². The predicted molar refractivity (Wildman–Crippen MR) is 146 cm³/mol. The van der Waals surface area contributed by atoms with Crippen molar-refractivity contribution in [3.05, 3.63) is 107 Å². The minimum atomic E-state index is -0.621. The molecule has 2 aliphatic rings. The molecule has 1 heterocycles. The molecule has 1 N–H and O–H groups in total. The lowest BCUT2D eigenvalue weighted by Gasteiger charge is -2.35. The van der Waals surface area contributed by atoms with Gasteiger partial charge in [0.15, 0.2) is 5.78 Å². The Morgan fingerprint density at radius 3 is 2.42 bits per heavy atom. The number of hydrogen-bond donors (Lipinski definition) is 1. The van der Waals surface area contributed by atoms with E-state index < -0.39 is 6.04 Å². The third-order valence-electron chi connectivity index (χ3n) is 7.45. The zero-order valence-corrected chi connectivity index (χ0v) is 21.4. The van der Waals surface area contributed by atoms with Crippen molar-refractivity contribution in [1.82, 2.24) is 0 Å². The monoisotopic (exact) mass is 507 g/mol. The summed E-state index contributed by atoms with van der Waals surface area (Å²) < 4.78 is 13.6. The molecular weight excluding hydrogens is 477 g/mol. The first-order valence-corrected chi connectivity index (χ1v) is 13.2. The predicted octanol–water partition coefficient (Wildman–Crippen LogP) is 7.18. The van der Waals surface area contributed by atoms with Crippen molar-refractivity contribution >= 4 is 23.1 Å². The fraction of sp³-hybridized carbons (Fsp3) is 0.281. The third-order valence-corrected chi connectivity index (χ3v) is 7.45. The number of nitrogens with zero attached hydrogens (tertiary/aromatic N) is 2. The maximum Gasteiger partial charge on any atom is 0.227 e. The van der Waals surface area contributed by atoms with Crippen molar-refractivity contribution in [3.63, 3.8) is 0 Å². The van der Waals surface area contributed by atoms with E-state index in [-0.39, 0.29) is 29.8 Å². The number of anilines is 2. The maximum atomic E-state index is 14.0. The Morgan fingerprint density at radius 1 is 1.00 bits per heavy atom. The van der Waals surface area contributed by atoms with Crippen LogP contribution >= 0.6 is 0 Å². The van der Waals surface area contributed by atoms with Crippen LogP contribution < -0.4 is 10.2 Å². The van der Waals surface area contributed by atoms with Gasteiger partial charge in [-0.1, -0.05) is 56.2 Å². The summed E-state index contributed by atoms with van der Waals surface area (Å²) in [6.45, 7) is 2.10. The van der Waals surface area contributed by atoms with Crippen molar-refractivity contribution in [1.29, 1.82) is 5.26 Å². The van der Waals surface area contributed by atoms with Gasteiger partial charge in [-0.3, -0.25) is 14.5 Å². The number of carbonyl (C=O) groups excluding carboxylic acids is 2. The van der Waals surface area contributed by atoms with Gasteiger partial charge in [-0.2, -0.15) is 5.26 Å². The molecule has 3 aromatic rings. The maximum absolute atomic E-state index is 14.0. The molecule has 2 unspecified atom stereocenters. The van der Waals surface area contributed by atoms with Crippen molar-refractivity contribution in [2.75, 3.05) is 10.2 Å². The number of Topliss-reactive ketones (excluding diaryl/α,β-unsaturated/α-hetero) is 1. The summed E-state index contributed by atoms with van der Waals surface area (Å²) in [6.07, 6.45) is 3.94. The van der Waals surface area contributed by atoms with E-state index in [0.717, 1.165) is 47.5 Å². The molecule has 0 radical (unpaired) electrons. The van der Waals surface area contributed by atoms with Gasteiger partial charge in [-0.15, -0.1) is 0 Å². The summed E-state index contributed by atoms with van der Waals surface area (Å²) in [4.78, 5) is 29.6. The molecule has 1 amide bonds. The van der Waals surface area contributed by atoms with Crippen LogP contribution in [-0.2, 0) is 9.59 Å². The minimum Gasteiger partial charge on any atom is -0.357 e. The molecular formula is C32H30FN3O2. The molecule has 0 fully saturated rings. The number of nitrogens with one attached hydrogen (secondary N) is 1. The van der Waals surface area contributed by atoms with Gasteiger partial charge in [0.25, 0.3) is 0 Å². The number of rotatable bonds is 6. The highest BCUT2D eigenvalue weighted by molar-refractivity contribution is 6.06. The number of benzene rings is 3. The van der Waals surface area contributed by atoms with Crippen LogP contribution in [0.4, 0.5) is 15.8 Å². The number of allylic oxidation sites excluding steroid dienone is 1. The van der Waals surface area contributed by atoms with Crippen molar-refractivity contribution in [3.8, 4) is 6.07 Å². The Kier molecular flexibility index (Phi) is 7.37. The van der Waals surface area contributed by atoms with Crippen LogP contribution in [0.1, 0.15) is 74.1 Å². The zero-order valence-electron chi connectivity index (χ0n) is 21.4. The molecule has 0 aromatic heterocycles. The number of ketones is 1. The standard InChI is InChI=1S/C32H30FN3O2/c1-2-3-4-9-30(38)36-28-8-6-5-7-26(28)35-27-18-24(22-14-16-25(33)17-15-22)19-29(37)31(27)32(36)23-12-10-21(20-34)11-13-23/h5-8,10-17,24,32,35H,2-4,9,18-19H2,1H3. The minimum absolute atomic E-state index is 0.0377. The summed E-state index contributed by atoms with van der Waals surface area (Å²) >= 11 is 0. The number of fused-ring (bicyclic) bond motifs is 1. The first-order chi connectivity index (χ1) is 18.5. The lowest BCUT2D eigenvalue weighted by Crippen LogP contribution is -2.38. The van der Waals surface area contributed by atoms with E-state index in [9.17, 15) is 19.2 Å². The highest BCUT2D eigenvalue weighted by Gasteiger charge is 2.41. The molecule has 0 bridgehead atoms. The Morgan fingerprint density at radius 2 is 1.71 bits per heavy atom. The van der Waals surface area contributed by atoms with Crippen molar-refractivity contribution < 1.29 is 14.0 Å². The van der Waals surface area contributed by atoms with Crippen molar-refractivity contribution in [2.24, 2.45) is 0 Å². The van der Waals surface area contributed by atoms with Crippen LogP contribution in [0.3, 0.4) is 0 Å². The number of unbranched alkanes of at least 4 members (excludes halogenated alkanes) is 2. The fourth-order valence-corrected chi connectivity index (χ4v) is 5.54. The van der Waals surface area contributed by atoms with Gasteiger partial charge in [0, 0.05) is 24.1 Å². The van der Waals surface area contributed by atoms with Gasteiger partial charge < -0.3 is 5.32 Å². The van der Waals surface area contributed by atoms with E-state index in [1.165, 1.54) is 12.1 Å². The first kappa shape index (κ1) is 25.4. The van der Waals surface area contributed by atoms with Gasteiger partial charge in [0.1, 0.15) is 5.82 Å². The zero-order chi connectivity index (χ0) is 26.6. The molecule has 5 nitrogen and oxygen atoms in total. The largest absolute Gasteiger partial charge is 0.357 e. The first-order valence-electron chi connectivity index (χ1n) is 13.2. The number of halogens is 1. The van der Waals surface area contributed by atoms with E-state index in [1.807, 2.05) is 36.4 Å². The van der Waals surface area contributed by atoms with Gasteiger partial charge >= 0.3 is 0 Å². The van der Waals surface area contributed by atoms with E-state index in [4.69, 9.17) is 0 Å². The normalized spacial score (nSPS) is 18.7. The average molecular weight is 508 g/mol. The highest BCUT2D eigenvalue weighted by Crippen LogP contribution is 2.47. The lowest BCUT2D eigenvalue weighted by molar-refractivity contribution is -0.119. The van der Waals surface area contributed by atoms with Gasteiger partial charge in [0.05, 0.1) is 29.0 Å². The summed E-state index contributed by atoms with van der Waals surface area (Å²) in [5.41, 5.74) is 5.06. The quantitative estimate of drug-likeness (QED) is 0.359. The molecule has 3 aromatic carbocycles. The number of carbonyl (C=O) groups is 2. The second-order valence-electron chi connectivity index (χ2n) is 9.97. The highest BCUT2D eigenvalue weighted by atomic mass is 19.1. The second kappa shape index (κ2) is 11.0. The Bertz CT molecular complexity index is 1420. The average Bonchev–Trinajstić information content (AvgIpc) is 3.08. The molecule has 192 valence electrons. The second-order valence-corrected chi connectivity index (χ2v) is 9.97.